The van der Waals surface area contributed by atoms with Gasteiger partial charge in [-0.15, -0.1) is 5.10 Å². The lowest BCUT2D eigenvalue weighted by molar-refractivity contribution is -0.148. The van der Waals surface area contributed by atoms with Crippen LogP contribution in [0, 0.1) is 0 Å². The van der Waals surface area contributed by atoms with E-state index in [2.05, 4.69) is 5.10 Å². The number of alkyl halides is 3. The summed E-state index contributed by atoms with van der Waals surface area (Å²) in [6, 6.07) is 0. The quantitative estimate of drug-likeness (QED) is 0.826. The second kappa shape index (κ2) is 3.93. The summed E-state index contributed by atoms with van der Waals surface area (Å²) in [4.78, 5) is 11.2. The van der Waals surface area contributed by atoms with Gasteiger partial charge in [0.25, 0.3) is 0 Å². The summed E-state index contributed by atoms with van der Waals surface area (Å²) >= 11 is 0. The molecule has 1 fully saturated rings. The molecule has 2 heterocycles. The highest BCUT2D eigenvalue weighted by Gasteiger charge is 2.38. The molecule has 0 aliphatic carbocycles. The third-order valence-electron chi connectivity index (χ3n) is 2.42. The Morgan fingerprint density at radius 1 is 1.56 bits per heavy atom. The molecule has 0 spiro atoms. The largest absolute Gasteiger partial charge is 0.451 e. The monoisotopic (exact) mass is 237 g/mol. The number of H-pyrrole nitrogens is 1. The van der Waals surface area contributed by atoms with Gasteiger partial charge < -0.3 is 4.74 Å². The van der Waals surface area contributed by atoms with Crippen molar-refractivity contribution in [2.45, 2.75) is 31.7 Å². The van der Waals surface area contributed by atoms with Crippen molar-refractivity contribution in [2.75, 3.05) is 6.61 Å². The molecule has 0 aromatic carbocycles. The first-order valence-corrected chi connectivity index (χ1v) is 4.82. The molecule has 0 amide bonds. The molecular formula is C8H10F3N3O2. The second-order valence-corrected chi connectivity index (χ2v) is 3.60. The van der Waals surface area contributed by atoms with Gasteiger partial charge >= 0.3 is 11.9 Å². The predicted molar refractivity (Wildman–Crippen MR) is 46.8 cm³/mol. The fourth-order valence-corrected chi connectivity index (χ4v) is 1.70. The number of ether oxygens (including phenoxy) is 1. The van der Waals surface area contributed by atoms with Crippen molar-refractivity contribution in [3.05, 3.63) is 16.3 Å². The molecule has 0 bridgehead atoms. The molecule has 0 radical (unpaired) electrons. The Kier molecular flexibility index (Phi) is 2.75. The van der Waals surface area contributed by atoms with E-state index in [-0.39, 0.29) is 12.6 Å². The van der Waals surface area contributed by atoms with Crippen LogP contribution in [0.3, 0.4) is 0 Å². The molecular weight excluding hydrogens is 227 g/mol. The van der Waals surface area contributed by atoms with Gasteiger partial charge in [0, 0.05) is 6.61 Å². The first-order chi connectivity index (χ1) is 7.48. The van der Waals surface area contributed by atoms with E-state index >= 15 is 0 Å². The van der Waals surface area contributed by atoms with E-state index in [0.29, 0.717) is 17.6 Å². The number of hydrogen-bond acceptors (Lipinski definition) is 3. The van der Waals surface area contributed by atoms with Gasteiger partial charge in [0.2, 0.25) is 5.82 Å². The fourth-order valence-electron chi connectivity index (χ4n) is 1.70. The number of rotatable bonds is 2. The standard InChI is InChI=1S/C8H10F3N3O2/c9-8(10,11)6-12-13-7(15)14(6)4-5-2-1-3-16-5/h5H,1-4H2,(H,13,15)/t5-/m1/s1. The minimum absolute atomic E-state index is 0.107. The maximum atomic E-state index is 12.5. The molecule has 1 aliphatic heterocycles. The molecule has 1 aromatic rings. The Morgan fingerprint density at radius 3 is 2.88 bits per heavy atom. The summed E-state index contributed by atoms with van der Waals surface area (Å²) in [5, 5.41) is 4.77. The van der Waals surface area contributed by atoms with Gasteiger partial charge in [-0.3, -0.25) is 4.57 Å². The van der Waals surface area contributed by atoms with Crippen LogP contribution >= 0.6 is 0 Å². The molecule has 0 saturated carbocycles. The molecule has 5 nitrogen and oxygen atoms in total. The molecule has 1 saturated heterocycles. The molecule has 90 valence electrons. The van der Waals surface area contributed by atoms with Crippen molar-refractivity contribution < 1.29 is 17.9 Å². The number of aromatic nitrogens is 3. The van der Waals surface area contributed by atoms with Crippen LogP contribution in [0.25, 0.3) is 0 Å². The van der Waals surface area contributed by atoms with Crippen LogP contribution < -0.4 is 5.69 Å². The zero-order chi connectivity index (χ0) is 11.8. The first-order valence-electron chi connectivity index (χ1n) is 4.82. The maximum absolute atomic E-state index is 12.5. The average Bonchev–Trinajstić information content (AvgIpc) is 2.76. The van der Waals surface area contributed by atoms with Gasteiger partial charge in [-0.2, -0.15) is 13.2 Å². The second-order valence-electron chi connectivity index (χ2n) is 3.60. The summed E-state index contributed by atoms with van der Waals surface area (Å²) in [5.41, 5.74) is -0.858. The Bertz CT molecular complexity index is 417. The van der Waals surface area contributed by atoms with Crippen molar-refractivity contribution in [1.82, 2.24) is 14.8 Å². The summed E-state index contributed by atoms with van der Waals surface area (Å²) in [6.45, 7) is 0.419. The SMILES string of the molecule is O=c1[nH]nc(C(F)(F)F)n1C[C@H]1CCCO1. The normalized spacial score (nSPS) is 21.6. The summed E-state index contributed by atoms with van der Waals surface area (Å²) < 4.78 is 43.1. The highest BCUT2D eigenvalue weighted by Crippen LogP contribution is 2.27. The van der Waals surface area contributed by atoms with Crippen LogP contribution in [-0.4, -0.2) is 27.5 Å². The molecule has 2 rings (SSSR count). The van der Waals surface area contributed by atoms with E-state index < -0.39 is 17.7 Å². The van der Waals surface area contributed by atoms with Crippen LogP contribution in [0.1, 0.15) is 18.7 Å². The van der Waals surface area contributed by atoms with Gasteiger partial charge in [-0.1, -0.05) is 0 Å². The molecule has 1 aliphatic rings. The minimum atomic E-state index is -4.63. The Morgan fingerprint density at radius 2 is 2.31 bits per heavy atom. The van der Waals surface area contributed by atoms with Crippen LogP contribution in [0.4, 0.5) is 13.2 Å². The Hall–Kier alpha value is -1.31. The number of nitrogens with one attached hydrogen (secondary N) is 1. The molecule has 16 heavy (non-hydrogen) atoms. The summed E-state index contributed by atoms with van der Waals surface area (Å²) in [6.07, 6.45) is -3.50. The Labute approximate surface area is 88.2 Å². The first kappa shape index (κ1) is 11.2. The highest BCUT2D eigenvalue weighted by molar-refractivity contribution is 4.92. The summed E-state index contributed by atoms with van der Waals surface area (Å²) in [5.74, 6) is -1.20. The van der Waals surface area contributed by atoms with Crippen LogP contribution in [0.15, 0.2) is 4.79 Å². The number of hydrogen-bond donors (Lipinski definition) is 1. The van der Waals surface area contributed by atoms with E-state index in [1.54, 1.807) is 5.10 Å². The Balaban J connectivity index is 2.25. The maximum Gasteiger partial charge on any atom is 0.451 e. The lowest BCUT2D eigenvalue weighted by atomic mass is 10.2. The zero-order valence-electron chi connectivity index (χ0n) is 8.25. The van der Waals surface area contributed by atoms with E-state index in [1.165, 1.54) is 0 Å². The van der Waals surface area contributed by atoms with Crippen LogP contribution in [-0.2, 0) is 17.5 Å². The van der Waals surface area contributed by atoms with Crippen LogP contribution in [0.5, 0.6) is 0 Å². The van der Waals surface area contributed by atoms with E-state index in [4.69, 9.17) is 4.74 Å². The van der Waals surface area contributed by atoms with Crippen molar-refractivity contribution >= 4 is 0 Å². The van der Waals surface area contributed by atoms with Crippen molar-refractivity contribution in [3.63, 3.8) is 0 Å². The fraction of sp³-hybridized carbons (Fsp3) is 0.750. The lowest BCUT2D eigenvalue weighted by Gasteiger charge is -2.12. The van der Waals surface area contributed by atoms with Crippen molar-refractivity contribution in [2.24, 2.45) is 0 Å². The van der Waals surface area contributed by atoms with E-state index in [1.807, 2.05) is 0 Å². The van der Waals surface area contributed by atoms with Gasteiger partial charge in [-0.05, 0) is 12.8 Å². The average molecular weight is 237 g/mol. The molecule has 1 aromatic heterocycles. The van der Waals surface area contributed by atoms with Crippen molar-refractivity contribution in [3.8, 4) is 0 Å². The van der Waals surface area contributed by atoms with E-state index in [9.17, 15) is 18.0 Å². The number of nitrogens with zero attached hydrogens (tertiary/aromatic N) is 2. The van der Waals surface area contributed by atoms with Gasteiger partial charge in [-0.25, -0.2) is 9.89 Å². The third kappa shape index (κ3) is 2.11. The molecule has 0 unspecified atom stereocenters. The number of aromatic amines is 1. The van der Waals surface area contributed by atoms with Gasteiger partial charge in [0.15, 0.2) is 0 Å². The zero-order valence-corrected chi connectivity index (χ0v) is 8.25. The topological polar surface area (TPSA) is 59.9 Å². The molecule has 1 N–H and O–H groups in total. The lowest BCUT2D eigenvalue weighted by Crippen LogP contribution is -2.28. The summed E-state index contributed by atoms with van der Waals surface area (Å²) in [7, 11) is 0. The molecule has 8 heteroatoms. The van der Waals surface area contributed by atoms with Crippen LogP contribution in [0.2, 0.25) is 0 Å². The van der Waals surface area contributed by atoms with E-state index in [0.717, 1.165) is 6.42 Å². The predicted octanol–water partition coefficient (Wildman–Crippen LogP) is 0.769. The minimum Gasteiger partial charge on any atom is -0.376 e. The van der Waals surface area contributed by atoms with Gasteiger partial charge in [0.1, 0.15) is 0 Å². The molecule has 1 atom stereocenters. The van der Waals surface area contributed by atoms with Gasteiger partial charge in [0.05, 0.1) is 12.6 Å². The third-order valence-corrected chi connectivity index (χ3v) is 2.42. The number of halogens is 3. The highest BCUT2D eigenvalue weighted by atomic mass is 19.4. The van der Waals surface area contributed by atoms with Crippen molar-refractivity contribution in [1.29, 1.82) is 0 Å². The smallest absolute Gasteiger partial charge is 0.376 e.